The molecule has 114 valence electrons. The van der Waals surface area contributed by atoms with E-state index < -0.39 is 0 Å². The summed E-state index contributed by atoms with van der Waals surface area (Å²) in [7, 11) is 0. The summed E-state index contributed by atoms with van der Waals surface area (Å²) in [4.78, 5) is 2.55. The van der Waals surface area contributed by atoms with E-state index in [1.165, 1.54) is 31.5 Å². The van der Waals surface area contributed by atoms with Crippen molar-refractivity contribution < 1.29 is 5.11 Å². The van der Waals surface area contributed by atoms with Gasteiger partial charge in [0.05, 0.1) is 6.61 Å². The Morgan fingerprint density at radius 3 is 2.71 bits per heavy atom. The highest BCUT2D eigenvalue weighted by Gasteiger charge is 2.21. The van der Waals surface area contributed by atoms with Crippen LogP contribution in [0.25, 0.3) is 0 Å². The second-order valence-corrected chi connectivity index (χ2v) is 6.33. The molecule has 0 atom stereocenters. The van der Waals surface area contributed by atoms with E-state index in [9.17, 15) is 0 Å². The monoisotopic (exact) mass is 285 g/mol. The van der Waals surface area contributed by atoms with Crippen molar-refractivity contribution >= 4 is 0 Å². The molecule has 0 saturated carbocycles. The standard InChI is InChI=1S/C19H27NO/c1-16(2)19-9-11-20(12-10-19)15-18-8-5-7-17(14-18)6-3-4-13-21/h5,7-8,14,16,19,21H,4,9-13,15H2,1-2H3. The second kappa shape index (κ2) is 8.22. The Kier molecular flexibility index (Phi) is 6.29. The van der Waals surface area contributed by atoms with Gasteiger partial charge in [-0.05, 0) is 55.5 Å². The zero-order valence-corrected chi connectivity index (χ0v) is 13.3. The first-order valence-corrected chi connectivity index (χ1v) is 8.10. The van der Waals surface area contributed by atoms with Crippen molar-refractivity contribution in [3.8, 4) is 11.8 Å². The molecule has 1 saturated heterocycles. The number of benzene rings is 1. The molecule has 2 rings (SSSR count). The van der Waals surface area contributed by atoms with Crippen LogP contribution >= 0.6 is 0 Å². The minimum Gasteiger partial charge on any atom is -0.395 e. The molecule has 2 nitrogen and oxygen atoms in total. The average molecular weight is 285 g/mol. The van der Waals surface area contributed by atoms with Gasteiger partial charge < -0.3 is 5.11 Å². The third kappa shape index (κ3) is 5.19. The van der Waals surface area contributed by atoms with Gasteiger partial charge in [-0.1, -0.05) is 37.8 Å². The number of hydrogen-bond donors (Lipinski definition) is 1. The lowest BCUT2D eigenvalue weighted by Gasteiger charge is -2.33. The van der Waals surface area contributed by atoms with Crippen LogP contribution in [0.4, 0.5) is 0 Å². The maximum atomic E-state index is 8.77. The van der Waals surface area contributed by atoms with Crippen LogP contribution in [-0.4, -0.2) is 29.7 Å². The van der Waals surface area contributed by atoms with Gasteiger partial charge in [0, 0.05) is 18.5 Å². The van der Waals surface area contributed by atoms with E-state index in [0.717, 1.165) is 23.9 Å². The molecule has 1 aromatic rings. The highest BCUT2D eigenvalue weighted by molar-refractivity contribution is 5.37. The summed E-state index contributed by atoms with van der Waals surface area (Å²) in [6.07, 6.45) is 3.20. The number of aliphatic hydroxyl groups excluding tert-OH is 1. The maximum Gasteiger partial charge on any atom is 0.0540 e. The fourth-order valence-electron chi connectivity index (χ4n) is 3.00. The number of hydrogen-bond acceptors (Lipinski definition) is 2. The topological polar surface area (TPSA) is 23.5 Å². The van der Waals surface area contributed by atoms with Crippen LogP contribution in [0.5, 0.6) is 0 Å². The molecule has 0 unspecified atom stereocenters. The Morgan fingerprint density at radius 2 is 2.05 bits per heavy atom. The maximum absolute atomic E-state index is 8.77. The van der Waals surface area contributed by atoms with Crippen molar-refractivity contribution in [2.75, 3.05) is 19.7 Å². The van der Waals surface area contributed by atoms with Gasteiger partial charge in [-0.2, -0.15) is 0 Å². The van der Waals surface area contributed by atoms with Crippen molar-refractivity contribution in [3.05, 3.63) is 35.4 Å². The van der Waals surface area contributed by atoms with Crippen LogP contribution in [0.3, 0.4) is 0 Å². The summed E-state index contributed by atoms with van der Waals surface area (Å²) >= 11 is 0. The van der Waals surface area contributed by atoms with Crippen LogP contribution in [0.15, 0.2) is 24.3 Å². The minimum absolute atomic E-state index is 0.136. The molecule has 2 heteroatoms. The zero-order valence-electron chi connectivity index (χ0n) is 13.3. The summed E-state index contributed by atoms with van der Waals surface area (Å²) in [6, 6.07) is 8.49. The zero-order chi connectivity index (χ0) is 15.1. The predicted molar refractivity (Wildman–Crippen MR) is 87.9 cm³/mol. The highest BCUT2D eigenvalue weighted by Crippen LogP contribution is 2.25. The number of aliphatic hydroxyl groups is 1. The Labute approximate surface area is 129 Å². The number of rotatable bonds is 4. The first kappa shape index (κ1) is 16.1. The number of nitrogens with zero attached hydrogens (tertiary/aromatic N) is 1. The molecule has 0 aromatic heterocycles. The van der Waals surface area contributed by atoms with Gasteiger partial charge in [0.15, 0.2) is 0 Å². The number of piperidine rings is 1. The van der Waals surface area contributed by atoms with Crippen molar-refractivity contribution in [1.29, 1.82) is 0 Å². The fraction of sp³-hybridized carbons (Fsp3) is 0.579. The molecule has 1 aromatic carbocycles. The van der Waals surface area contributed by atoms with E-state index in [0.29, 0.717) is 6.42 Å². The van der Waals surface area contributed by atoms with Gasteiger partial charge >= 0.3 is 0 Å². The number of likely N-dealkylation sites (tertiary alicyclic amines) is 1. The lowest BCUT2D eigenvalue weighted by Crippen LogP contribution is -2.34. The molecule has 1 aliphatic rings. The molecular formula is C19H27NO. The van der Waals surface area contributed by atoms with E-state index in [-0.39, 0.29) is 6.61 Å². The van der Waals surface area contributed by atoms with Crippen LogP contribution in [0, 0.1) is 23.7 Å². The predicted octanol–water partition coefficient (Wildman–Crippen LogP) is 3.29. The van der Waals surface area contributed by atoms with E-state index in [1.54, 1.807) is 0 Å². The SMILES string of the molecule is CC(C)C1CCN(Cc2cccc(C#CCCO)c2)CC1. The van der Waals surface area contributed by atoms with E-state index in [4.69, 9.17) is 5.11 Å². The molecule has 0 radical (unpaired) electrons. The van der Waals surface area contributed by atoms with Gasteiger partial charge in [0.2, 0.25) is 0 Å². The first-order chi connectivity index (χ1) is 10.2. The quantitative estimate of drug-likeness (QED) is 0.858. The smallest absolute Gasteiger partial charge is 0.0540 e. The van der Waals surface area contributed by atoms with E-state index in [1.807, 2.05) is 6.07 Å². The van der Waals surface area contributed by atoms with Crippen LogP contribution in [0.1, 0.15) is 44.2 Å². The third-order valence-electron chi connectivity index (χ3n) is 4.38. The Morgan fingerprint density at radius 1 is 1.29 bits per heavy atom. The summed E-state index contributed by atoms with van der Waals surface area (Å²) in [5.41, 5.74) is 2.40. The minimum atomic E-state index is 0.136. The molecule has 1 N–H and O–H groups in total. The van der Waals surface area contributed by atoms with Crippen LogP contribution in [-0.2, 0) is 6.54 Å². The molecule has 0 bridgehead atoms. The van der Waals surface area contributed by atoms with Crippen LogP contribution in [0.2, 0.25) is 0 Å². The van der Waals surface area contributed by atoms with Crippen LogP contribution < -0.4 is 0 Å². The molecule has 1 heterocycles. The van der Waals surface area contributed by atoms with Gasteiger partial charge in [-0.15, -0.1) is 0 Å². The van der Waals surface area contributed by atoms with E-state index >= 15 is 0 Å². The summed E-state index contributed by atoms with van der Waals surface area (Å²) in [5.74, 6) is 7.82. The summed E-state index contributed by atoms with van der Waals surface area (Å²) in [5, 5.41) is 8.77. The first-order valence-electron chi connectivity index (χ1n) is 8.10. The van der Waals surface area contributed by atoms with E-state index in [2.05, 4.69) is 48.8 Å². The fourth-order valence-corrected chi connectivity index (χ4v) is 3.00. The molecular weight excluding hydrogens is 258 g/mol. The lowest BCUT2D eigenvalue weighted by atomic mass is 9.86. The molecule has 0 spiro atoms. The molecule has 21 heavy (non-hydrogen) atoms. The molecule has 0 aliphatic carbocycles. The molecule has 0 amide bonds. The van der Waals surface area contributed by atoms with Crippen molar-refractivity contribution in [3.63, 3.8) is 0 Å². The lowest BCUT2D eigenvalue weighted by molar-refractivity contribution is 0.152. The van der Waals surface area contributed by atoms with Gasteiger partial charge in [0.25, 0.3) is 0 Å². The average Bonchev–Trinajstić information content (AvgIpc) is 2.48. The Hall–Kier alpha value is -1.30. The molecule has 1 fully saturated rings. The van der Waals surface area contributed by atoms with Crippen molar-refractivity contribution in [2.45, 2.75) is 39.7 Å². The summed E-state index contributed by atoms with van der Waals surface area (Å²) < 4.78 is 0. The molecule has 1 aliphatic heterocycles. The van der Waals surface area contributed by atoms with Gasteiger partial charge in [-0.3, -0.25) is 4.90 Å². The largest absolute Gasteiger partial charge is 0.395 e. The van der Waals surface area contributed by atoms with Gasteiger partial charge in [-0.25, -0.2) is 0 Å². The second-order valence-electron chi connectivity index (χ2n) is 6.33. The van der Waals surface area contributed by atoms with Gasteiger partial charge in [0.1, 0.15) is 0 Å². The van der Waals surface area contributed by atoms with Crippen molar-refractivity contribution in [2.24, 2.45) is 11.8 Å². The van der Waals surface area contributed by atoms with Crippen molar-refractivity contribution in [1.82, 2.24) is 4.90 Å². The summed E-state index contributed by atoms with van der Waals surface area (Å²) in [6.45, 7) is 8.27. The Bertz CT molecular complexity index is 490. The highest BCUT2D eigenvalue weighted by atomic mass is 16.2. The Balaban J connectivity index is 1.89. The third-order valence-corrected chi connectivity index (χ3v) is 4.38. The normalized spacial score (nSPS) is 16.8.